The Hall–Kier alpha value is -0.120. The molecule has 0 aromatic heterocycles. The van der Waals surface area contributed by atoms with Crippen LogP contribution in [0.25, 0.3) is 0 Å². The van der Waals surface area contributed by atoms with E-state index in [1.165, 1.54) is 0 Å². The summed E-state index contributed by atoms with van der Waals surface area (Å²) in [5, 5.41) is 16.9. The lowest BCUT2D eigenvalue weighted by molar-refractivity contribution is 0.0387. The minimum atomic E-state index is -0.0999. The predicted octanol–water partition coefficient (Wildman–Crippen LogP) is -0.234. The van der Waals surface area contributed by atoms with Gasteiger partial charge in [0, 0.05) is 13.7 Å². The van der Waals surface area contributed by atoms with Gasteiger partial charge in [0.1, 0.15) is 0 Å². The summed E-state index contributed by atoms with van der Waals surface area (Å²) >= 11 is 0. The van der Waals surface area contributed by atoms with Gasteiger partial charge in [-0.25, -0.2) is 0 Å². The quantitative estimate of drug-likeness (QED) is 0.546. The number of hydrogen-bond acceptors (Lipinski definition) is 3. The molecule has 0 aliphatic rings. The van der Waals surface area contributed by atoms with Gasteiger partial charge in [-0.2, -0.15) is 0 Å². The van der Waals surface area contributed by atoms with Crippen LogP contribution in [0.15, 0.2) is 0 Å². The maximum atomic E-state index is 8.55. The lowest BCUT2D eigenvalue weighted by Crippen LogP contribution is -2.15. The molecule has 0 aliphatic heterocycles. The molecule has 0 heterocycles. The molecule has 0 spiro atoms. The van der Waals surface area contributed by atoms with Crippen molar-refractivity contribution in [2.24, 2.45) is 0 Å². The van der Waals surface area contributed by atoms with E-state index in [1.807, 2.05) is 0 Å². The lowest BCUT2D eigenvalue weighted by atomic mass is 10.2. The first kappa shape index (κ1) is 8.88. The van der Waals surface area contributed by atoms with Crippen LogP contribution in [-0.2, 0) is 4.74 Å². The van der Waals surface area contributed by atoms with E-state index >= 15 is 0 Å². The molecule has 2 N–H and O–H groups in total. The van der Waals surface area contributed by atoms with Crippen LogP contribution in [0.1, 0.15) is 12.8 Å². The normalized spacial score (nSPS) is 13.7. The molecule has 9 heavy (non-hydrogen) atoms. The Morgan fingerprint density at radius 2 is 2.11 bits per heavy atom. The van der Waals surface area contributed by atoms with Crippen molar-refractivity contribution in [3.63, 3.8) is 0 Å². The number of ether oxygens (including phenoxy) is 1. The van der Waals surface area contributed by atoms with E-state index in [9.17, 15) is 0 Å². The Labute approximate surface area is 55.3 Å². The first-order valence-corrected chi connectivity index (χ1v) is 3.09. The number of rotatable bonds is 5. The van der Waals surface area contributed by atoms with Gasteiger partial charge in [0.05, 0.1) is 12.7 Å². The summed E-state index contributed by atoms with van der Waals surface area (Å²) in [5.74, 6) is 0. The second kappa shape index (κ2) is 6.01. The molecule has 3 heteroatoms. The van der Waals surface area contributed by atoms with Gasteiger partial charge in [-0.1, -0.05) is 0 Å². The fourth-order valence-corrected chi connectivity index (χ4v) is 0.603. The summed E-state index contributed by atoms with van der Waals surface area (Å²) in [4.78, 5) is 0. The highest BCUT2D eigenvalue weighted by atomic mass is 16.5. The van der Waals surface area contributed by atoms with Gasteiger partial charge < -0.3 is 14.9 Å². The first-order chi connectivity index (χ1) is 4.35. The molecule has 1 atom stereocenters. The third kappa shape index (κ3) is 4.39. The zero-order chi connectivity index (χ0) is 7.11. The number of methoxy groups -OCH3 is 1. The van der Waals surface area contributed by atoms with Crippen molar-refractivity contribution in [3.05, 3.63) is 0 Å². The molecule has 3 nitrogen and oxygen atoms in total. The summed E-state index contributed by atoms with van der Waals surface area (Å²) in [6, 6.07) is 0. The third-order valence-electron chi connectivity index (χ3n) is 1.22. The maximum absolute atomic E-state index is 8.55. The second-order valence-electron chi connectivity index (χ2n) is 1.91. The Kier molecular flexibility index (Phi) is 5.93. The van der Waals surface area contributed by atoms with E-state index < -0.39 is 0 Å². The topological polar surface area (TPSA) is 49.7 Å². The standard InChI is InChI=1S/C6H14O3/c1-9-6(5-8)3-2-4-7/h6-8H,2-5H2,1H3/t6-/m0/s1. The van der Waals surface area contributed by atoms with Crippen LogP contribution in [0, 0.1) is 0 Å². The van der Waals surface area contributed by atoms with Gasteiger partial charge in [0.25, 0.3) is 0 Å². The lowest BCUT2D eigenvalue weighted by Gasteiger charge is -2.09. The molecule has 0 saturated heterocycles. The van der Waals surface area contributed by atoms with E-state index in [-0.39, 0.29) is 19.3 Å². The van der Waals surface area contributed by atoms with Gasteiger partial charge in [-0.3, -0.25) is 0 Å². The summed E-state index contributed by atoms with van der Waals surface area (Å²) in [5.41, 5.74) is 0. The van der Waals surface area contributed by atoms with E-state index in [1.54, 1.807) is 7.11 Å². The minimum Gasteiger partial charge on any atom is -0.396 e. The highest BCUT2D eigenvalue weighted by Gasteiger charge is 2.02. The summed E-state index contributed by atoms with van der Waals surface area (Å²) in [6.45, 7) is 0.205. The molecule has 0 amide bonds. The summed E-state index contributed by atoms with van der Waals surface area (Å²) in [6.07, 6.45) is 1.32. The van der Waals surface area contributed by atoms with E-state index in [2.05, 4.69) is 0 Å². The minimum absolute atomic E-state index is 0.0382. The van der Waals surface area contributed by atoms with Crippen molar-refractivity contribution >= 4 is 0 Å². The van der Waals surface area contributed by atoms with E-state index in [4.69, 9.17) is 14.9 Å². The zero-order valence-electron chi connectivity index (χ0n) is 5.71. The van der Waals surface area contributed by atoms with Crippen LogP contribution in [0.2, 0.25) is 0 Å². The fraction of sp³-hybridized carbons (Fsp3) is 1.00. The molecule has 0 aromatic carbocycles. The second-order valence-corrected chi connectivity index (χ2v) is 1.91. The van der Waals surface area contributed by atoms with Gasteiger partial charge in [-0.05, 0) is 12.8 Å². The molecule has 0 fully saturated rings. The van der Waals surface area contributed by atoms with E-state index in [0.717, 1.165) is 6.42 Å². The molecular formula is C6H14O3. The van der Waals surface area contributed by atoms with Gasteiger partial charge in [-0.15, -0.1) is 0 Å². The molecule has 0 unspecified atom stereocenters. The monoisotopic (exact) mass is 134 g/mol. The molecule has 0 aromatic rings. The number of aliphatic hydroxyl groups is 2. The SMILES string of the molecule is CO[C@H](CO)CCCO. The van der Waals surface area contributed by atoms with E-state index in [0.29, 0.717) is 6.42 Å². The smallest absolute Gasteiger partial charge is 0.0802 e. The molecule has 0 bridgehead atoms. The van der Waals surface area contributed by atoms with Crippen molar-refractivity contribution in [1.29, 1.82) is 0 Å². The predicted molar refractivity (Wildman–Crippen MR) is 34.2 cm³/mol. The molecule has 0 aliphatic carbocycles. The van der Waals surface area contributed by atoms with Crippen LogP contribution in [-0.4, -0.2) is 36.6 Å². The van der Waals surface area contributed by atoms with Crippen molar-refractivity contribution in [2.75, 3.05) is 20.3 Å². The summed E-state index contributed by atoms with van der Waals surface area (Å²) in [7, 11) is 1.55. The third-order valence-corrected chi connectivity index (χ3v) is 1.22. The molecule has 0 radical (unpaired) electrons. The maximum Gasteiger partial charge on any atom is 0.0802 e. The van der Waals surface area contributed by atoms with Crippen LogP contribution in [0.3, 0.4) is 0 Å². The molecule has 0 saturated carbocycles. The highest BCUT2D eigenvalue weighted by molar-refractivity contribution is 4.53. The zero-order valence-corrected chi connectivity index (χ0v) is 5.71. The fourth-order valence-electron chi connectivity index (χ4n) is 0.603. The van der Waals surface area contributed by atoms with Crippen LogP contribution in [0.5, 0.6) is 0 Å². The highest BCUT2D eigenvalue weighted by Crippen LogP contribution is 1.98. The average Bonchev–Trinajstić information content (AvgIpc) is 1.91. The molecule has 0 rings (SSSR count). The van der Waals surface area contributed by atoms with Crippen molar-refractivity contribution in [1.82, 2.24) is 0 Å². The largest absolute Gasteiger partial charge is 0.396 e. The Bertz CT molecular complexity index is 52.3. The van der Waals surface area contributed by atoms with Gasteiger partial charge >= 0.3 is 0 Å². The summed E-state index contributed by atoms with van der Waals surface area (Å²) < 4.78 is 4.84. The van der Waals surface area contributed by atoms with Crippen molar-refractivity contribution in [3.8, 4) is 0 Å². The van der Waals surface area contributed by atoms with Crippen LogP contribution >= 0.6 is 0 Å². The van der Waals surface area contributed by atoms with Crippen LogP contribution in [0.4, 0.5) is 0 Å². The van der Waals surface area contributed by atoms with Crippen molar-refractivity contribution < 1.29 is 14.9 Å². The van der Waals surface area contributed by atoms with Gasteiger partial charge in [0.2, 0.25) is 0 Å². The number of hydrogen-bond donors (Lipinski definition) is 2. The van der Waals surface area contributed by atoms with Crippen LogP contribution < -0.4 is 0 Å². The Morgan fingerprint density at radius 1 is 1.44 bits per heavy atom. The van der Waals surface area contributed by atoms with Crippen molar-refractivity contribution in [2.45, 2.75) is 18.9 Å². The molecule has 56 valence electrons. The average molecular weight is 134 g/mol. The number of aliphatic hydroxyl groups excluding tert-OH is 2. The first-order valence-electron chi connectivity index (χ1n) is 3.09. The Morgan fingerprint density at radius 3 is 2.44 bits per heavy atom. The Balaban J connectivity index is 3.09. The van der Waals surface area contributed by atoms with Gasteiger partial charge in [0.15, 0.2) is 0 Å². The molecular weight excluding hydrogens is 120 g/mol.